The summed E-state index contributed by atoms with van der Waals surface area (Å²) in [5.74, 6) is 1.90. The number of imidazole rings is 2. The van der Waals surface area contributed by atoms with Crippen molar-refractivity contribution >= 4 is 32.8 Å². The first-order valence-electron chi connectivity index (χ1n) is 15.9. The second-order valence-corrected chi connectivity index (χ2v) is 13.4. The minimum absolute atomic E-state index is 0. The fourth-order valence-corrected chi connectivity index (χ4v) is 7.23. The molecular formula is C42H32N4Pt. The van der Waals surface area contributed by atoms with Crippen molar-refractivity contribution in [1.82, 2.24) is 19.1 Å². The van der Waals surface area contributed by atoms with Crippen molar-refractivity contribution in [2.24, 2.45) is 0 Å². The van der Waals surface area contributed by atoms with E-state index in [1.54, 1.807) is 0 Å². The van der Waals surface area contributed by atoms with Crippen molar-refractivity contribution in [1.29, 1.82) is 0 Å². The van der Waals surface area contributed by atoms with Gasteiger partial charge in [-0.3, -0.25) is 9.13 Å². The Hall–Kier alpha value is -4.79. The summed E-state index contributed by atoms with van der Waals surface area (Å²) >= 11 is 0. The molecule has 8 aromatic rings. The largest absolute Gasteiger partial charge is 2.00 e. The van der Waals surface area contributed by atoms with E-state index in [-0.39, 0.29) is 21.1 Å². The van der Waals surface area contributed by atoms with Crippen LogP contribution in [0.2, 0.25) is 0 Å². The second kappa shape index (κ2) is 10.6. The molecule has 0 fully saturated rings. The third-order valence-corrected chi connectivity index (χ3v) is 9.82. The quantitative estimate of drug-likeness (QED) is 0.164. The molecule has 9 rings (SSSR count). The van der Waals surface area contributed by atoms with Crippen molar-refractivity contribution < 1.29 is 21.1 Å². The number of hydrogen-bond acceptors (Lipinski definition) is 2. The van der Waals surface area contributed by atoms with Gasteiger partial charge in [0.15, 0.2) is 0 Å². The van der Waals surface area contributed by atoms with Crippen LogP contribution in [0.1, 0.15) is 50.5 Å². The van der Waals surface area contributed by atoms with Crippen LogP contribution in [-0.2, 0) is 31.9 Å². The van der Waals surface area contributed by atoms with E-state index in [2.05, 4.69) is 170 Å². The fraction of sp³-hybridized carbons (Fsp3) is 0.143. The van der Waals surface area contributed by atoms with Gasteiger partial charge in [-0.15, -0.1) is 23.3 Å². The van der Waals surface area contributed by atoms with E-state index >= 15 is 0 Å². The van der Waals surface area contributed by atoms with E-state index in [1.807, 2.05) is 0 Å². The molecule has 0 amide bonds. The molecule has 1 aliphatic rings. The molecular weight excluding hydrogens is 756 g/mol. The van der Waals surface area contributed by atoms with Crippen LogP contribution in [0.5, 0.6) is 0 Å². The van der Waals surface area contributed by atoms with Gasteiger partial charge >= 0.3 is 21.1 Å². The Morgan fingerprint density at radius 1 is 0.511 bits per heavy atom. The first-order chi connectivity index (χ1) is 22.3. The molecule has 0 saturated heterocycles. The van der Waals surface area contributed by atoms with E-state index in [0.717, 1.165) is 67.3 Å². The molecule has 3 heterocycles. The maximum absolute atomic E-state index is 5.56. The maximum atomic E-state index is 5.56. The van der Waals surface area contributed by atoms with Gasteiger partial charge in [-0.05, 0) is 35.7 Å². The monoisotopic (exact) mass is 787 g/mol. The molecule has 0 radical (unpaired) electrons. The molecule has 0 unspecified atom stereocenters. The van der Waals surface area contributed by atoms with Gasteiger partial charge in [-0.1, -0.05) is 82.3 Å². The van der Waals surface area contributed by atoms with Crippen molar-refractivity contribution in [3.05, 3.63) is 156 Å². The molecule has 0 aliphatic carbocycles. The van der Waals surface area contributed by atoms with E-state index in [0.29, 0.717) is 0 Å². The van der Waals surface area contributed by atoms with E-state index in [1.165, 1.54) is 10.8 Å². The van der Waals surface area contributed by atoms with Crippen LogP contribution in [0.3, 0.4) is 0 Å². The number of rotatable bonds is 2. The Balaban J connectivity index is 0.00000324. The van der Waals surface area contributed by atoms with Crippen molar-refractivity contribution in [3.8, 4) is 22.5 Å². The molecule has 4 nitrogen and oxygen atoms in total. The van der Waals surface area contributed by atoms with Crippen molar-refractivity contribution in [2.75, 3.05) is 0 Å². The van der Waals surface area contributed by atoms with Crippen LogP contribution in [0.4, 0.5) is 0 Å². The van der Waals surface area contributed by atoms with Crippen molar-refractivity contribution in [2.45, 2.75) is 38.5 Å². The second-order valence-electron chi connectivity index (χ2n) is 13.4. The number of benzene rings is 6. The summed E-state index contributed by atoms with van der Waals surface area (Å²) in [6.45, 7) is 9.00. The number of fused-ring (bicyclic) bond motifs is 8. The Bertz CT molecular complexity index is 2480. The van der Waals surface area contributed by atoms with Crippen LogP contribution in [-0.4, -0.2) is 19.1 Å². The maximum Gasteiger partial charge on any atom is 2.00 e. The molecule has 230 valence electrons. The van der Waals surface area contributed by atoms with Gasteiger partial charge in [-0.25, -0.2) is 21.1 Å². The fourth-order valence-electron chi connectivity index (χ4n) is 7.23. The number of para-hydroxylation sites is 1. The Morgan fingerprint density at radius 2 is 1.02 bits per heavy atom. The van der Waals surface area contributed by atoms with Gasteiger partial charge in [0.25, 0.3) is 0 Å². The topological polar surface area (TPSA) is 35.6 Å². The summed E-state index contributed by atoms with van der Waals surface area (Å²) in [6.07, 6.45) is 0. The minimum Gasteiger partial charge on any atom is -0.296 e. The van der Waals surface area contributed by atoms with E-state index in [4.69, 9.17) is 9.97 Å². The van der Waals surface area contributed by atoms with Crippen LogP contribution < -0.4 is 0 Å². The Morgan fingerprint density at radius 3 is 1.66 bits per heavy atom. The Labute approximate surface area is 289 Å². The van der Waals surface area contributed by atoms with E-state index in [9.17, 15) is 0 Å². The van der Waals surface area contributed by atoms with E-state index < -0.39 is 10.8 Å². The summed E-state index contributed by atoms with van der Waals surface area (Å²) in [7, 11) is 0. The number of aromatic nitrogens is 4. The average Bonchev–Trinajstić information content (AvgIpc) is 3.69. The van der Waals surface area contributed by atoms with Gasteiger partial charge in [-0.2, -0.15) is 36.4 Å². The zero-order chi connectivity index (χ0) is 31.2. The summed E-state index contributed by atoms with van der Waals surface area (Å²) in [6, 6.07) is 50.6. The molecule has 1 aliphatic heterocycles. The first-order valence-corrected chi connectivity index (χ1v) is 15.9. The molecule has 0 N–H and O–H groups in total. The zero-order valence-electron chi connectivity index (χ0n) is 26.7. The third-order valence-electron chi connectivity index (χ3n) is 9.82. The molecule has 0 spiro atoms. The summed E-state index contributed by atoms with van der Waals surface area (Å²) in [5.41, 5.74) is 9.25. The predicted molar refractivity (Wildman–Crippen MR) is 187 cm³/mol. The summed E-state index contributed by atoms with van der Waals surface area (Å²) in [4.78, 5) is 11.1. The predicted octanol–water partition coefficient (Wildman–Crippen LogP) is 9.75. The molecule has 0 saturated carbocycles. The first kappa shape index (κ1) is 29.6. The Kier molecular flexibility index (Phi) is 6.69. The van der Waals surface area contributed by atoms with Gasteiger partial charge in [0.05, 0.1) is 16.7 Å². The molecule has 2 aromatic heterocycles. The van der Waals surface area contributed by atoms with Crippen LogP contribution in [0, 0.1) is 12.1 Å². The molecule has 8 bridgehead atoms. The summed E-state index contributed by atoms with van der Waals surface area (Å²) < 4.78 is 4.67. The van der Waals surface area contributed by atoms with Crippen LogP contribution in [0.15, 0.2) is 121 Å². The normalized spacial score (nSPS) is 14.6. The standard InChI is InChI=1S/C42H32N4.Pt/c1-41(2)30-17-10-15-28(25-30)29-16-11-18-31(26-29)42(3,4)40-44-38-36(46(40)34-22-12-14-27-13-8-9-21-33(27)34)24-23-35-37(38)43-39(41)45(35)32-19-6-5-7-20-32;/h5-24H,1-4H3;/q-2;+2. The van der Waals surface area contributed by atoms with Crippen LogP contribution in [0.25, 0.3) is 55.3 Å². The summed E-state index contributed by atoms with van der Waals surface area (Å²) in [5, 5.41) is 2.37. The number of hydrogen-bond donors (Lipinski definition) is 0. The SMILES string of the molecule is CC1(C)c2[c-]c(ccc2)-c2[c-]c(ccc2)C(C)(C)c2nc3c4nc1n(-c1ccccc1)c4ccc3n2-c1cccc2ccccc12.[Pt+2]. The third kappa shape index (κ3) is 4.31. The number of nitrogens with zero attached hydrogens (tertiary/aromatic N) is 4. The van der Waals surface area contributed by atoms with Gasteiger partial charge in [0.1, 0.15) is 22.7 Å². The van der Waals surface area contributed by atoms with Crippen LogP contribution >= 0.6 is 0 Å². The molecule has 0 atom stereocenters. The minimum atomic E-state index is -0.496. The molecule has 6 aromatic carbocycles. The van der Waals surface area contributed by atoms with Gasteiger partial charge in [0, 0.05) is 21.9 Å². The molecule has 5 heteroatoms. The molecule has 47 heavy (non-hydrogen) atoms. The zero-order valence-corrected chi connectivity index (χ0v) is 28.9. The average molecular weight is 788 g/mol. The van der Waals surface area contributed by atoms with Gasteiger partial charge in [0.2, 0.25) is 0 Å². The van der Waals surface area contributed by atoms with Gasteiger partial charge < -0.3 is 0 Å². The van der Waals surface area contributed by atoms with Crippen molar-refractivity contribution in [3.63, 3.8) is 0 Å². The smallest absolute Gasteiger partial charge is 0.296 e.